The molecular weight excluding hydrogens is 368 g/mol. The van der Waals surface area contributed by atoms with Crippen LogP contribution in [0.15, 0.2) is 91.0 Å². The Morgan fingerprint density at radius 3 is 2.00 bits per heavy atom. The number of nitrogens with one attached hydrogen (secondary N) is 1. The van der Waals surface area contributed by atoms with Crippen LogP contribution < -0.4 is 5.32 Å². The second-order valence-corrected chi connectivity index (χ2v) is 8.77. The van der Waals surface area contributed by atoms with Gasteiger partial charge in [-0.25, -0.2) is 0 Å². The maximum atomic E-state index is 13.5. The Morgan fingerprint density at radius 1 is 0.900 bits per heavy atom. The van der Waals surface area contributed by atoms with E-state index in [1.165, 1.54) is 5.56 Å². The second-order valence-electron chi connectivity index (χ2n) is 8.77. The van der Waals surface area contributed by atoms with Crippen molar-refractivity contribution in [2.24, 2.45) is 0 Å². The quantitative estimate of drug-likeness (QED) is 0.596. The molecule has 2 atom stereocenters. The van der Waals surface area contributed by atoms with Crippen molar-refractivity contribution in [3.05, 3.63) is 108 Å². The first-order chi connectivity index (χ1) is 14.6. The number of hydrogen-bond donors (Lipinski definition) is 1. The summed E-state index contributed by atoms with van der Waals surface area (Å²) in [7, 11) is 2.32. The second kappa shape index (κ2) is 9.27. The number of amides is 1. The Kier molecular flexibility index (Phi) is 6.29. The third-order valence-corrected chi connectivity index (χ3v) is 6.19. The maximum absolute atomic E-state index is 13.5. The van der Waals surface area contributed by atoms with E-state index in [-0.39, 0.29) is 17.9 Å². The zero-order chi connectivity index (χ0) is 20.8. The highest BCUT2D eigenvalue weighted by Gasteiger charge is 2.34. The molecule has 1 aliphatic rings. The van der Waals surface area contributed by atoms with Gasteiger partial charge in [0, 0.05) is 5.56 Å². The van der Waals surface area contributed by atoms with Gasteiger partial charge in [0.05, 0.1) is 32.1 Å². The van der Waals surface area contributed by atoms with Crippen LogP contribution in [0.2, 0.25) is 0 Å². The van der Waals surface area contributed by atoms with E-state index in [1.54, 1.807) is 0 Å². The number of nitrogens with zero attached hydrogens (tertiary/aromatic N) is 1. The molecule has 4 rings (SSSR count). The lowest BCUT2D eigenvalue weighted by molar-refractivity contribution is -0.927. The normalized spacial score (nSPS) is 21.3. The van der Waals surface area contributed by atoms with Gasteiger partial charge in [0.2, 0.25) is 5.91 Å². The first kappa shape index (κ1) is 20.4. The number of quaternary nitrogens is 1. The largest absolute Gasteiger partial charge is 0.347 e. The van der Waals surface area contributed by atoms with Gasteiger partial charge in [-0.1, -0.05) is 91.0 Å². The molecule has 1 fully saturated rings. The summed E-state index contributed by atoms with van der Waals surface area (Å²) in [6.07, 6.45) is 2.18. The monoisotopic (exact) mass is 399 g/mol. The molecule has 0 aliphatic carbocycles. The van der Waals surface area contributed by atoms with Gasteiger partial charge in [-0.3, -0.25) is 4.79 Å². The molecule has 0 bridgehead atoms. The third kappa shape index (κ3) is 4.98. The van der Waals surface area contributed by atoms with Crippen molar-refractivity contribution < 1.29 is 9.28 Å². The fourth-order valence-corrected chi connectivity index (χ4v) is 4.79. The third-order valence-electron chi connectivity index (χ3n) is 6.19. The van der Waals surface area contributed by atoms with Gasteiger partial charge in [-0.15, -0.1) is 0 Å². The topological polar surface area (TPSA) is 29.1 Å². The lowest BCUT2D eigenvalue weighted by Gasteiger charge is -2.42. The fourth-order valence-electron chi connectivity index (χ4n) is 4.79. The van der Waals surface area contributed by atoms with Gasteiger partial charge >= 0.3 is 0 Å². The van der Waals surface area contributed by atoms with E-state index in [9.17, 15) is 4.79 Å². The number of benzene rings is 3. The average molecular weight is 400 g/mol. The van der Waals surface area contributed by atoms with E-state index in [4.69, 9.17) is 0 Å². The van der Waals surface area contributed by atoms with Gasteiger partial charge in [-0.05, 0) is 24.0 Å². The van der Waals surface area contributed by atoms with E-state index < -0.39 is 0 Å². The average Bonchev–Trinajstić information content (AvgIpc) is 2.76. The minimum Gasteiger partial charge on any atom is -0.347 e. The Bertz CT molecular complexity index is 903. The Balaban J connectivity index is 1.49. The molecule has 30 heavy (non-hydrogen) atoms. The standard InChI is InChI=1S/C27H30N2O/c1-29(20-22-12-5-2-6-13-22)19-11-18-25(21-29)28-27(30)26(23-14-7-3-8-15-23)24-16-9-4-10-17-24/h2-10,12-17,25-26H,11,18-21H2,1H3/p+1/t25-,29-/m1/s1. The number of piperidine rings is 1. The minimum atomic E-state index is -0.276. The lowest BCUT2D eigenvalue weighted by Crippen LogP contribution is -2.57. The van der Waals surface area contributed by atoms with Crippen molar-refractivity contribution in [3.8, 4) is 0 Å². The predicted octanol–water partition coefficient (Wildman–Crippen LogP) is 4.74. The van der Waals surface area contributed by atoms with Crippen molar-refractivity contribution in [1.29, 1.82) is 0 Å². The van der Waals surface area contributed by atoms with Crippen LogP contribution in [-0.2, 0) is 11.3 Å². The molecule has 1 aliphatic heterocycles. The first-order valence-corrected chi connectivity index (χ1v) is 10.9. The zero-order valence-electron chi connectivity index (χ0n) is 17.7. The van der Waals surface area contributed by atoms with Crippen LogP contribution in [0.25, 0.3) is 0 Å². The Labute approximate surface area is 180 Å². The SMILES string of the molecule is C[N@+]1(Cc2ccccc2)CCC[C@@H](NC(=O)C(c2ccccc2)c2ccccc2)C1. The van der Waals surface area contributed by atoms with E-state index in [2.05, 4.69) is 42.7 Å². The van der Waals surface area contributed by atoms with Gasteiger partial charge in [0.25, 0.3) is 0 Å². The summed E-state index contributed by atoms with van der Waals surface area (Å²) in [5.74, 6) is -0.173. The van der Waals surface area contributed by atoms with Gasteiger partial charge in [-0.2, -0.15) is 0 Å². The molecule has 1 saturated heterocycles. The fraction of sp³-hybridized carbons (Fsp3) is 0.296. The molecule has 154 valence electrons. The molecule has 3 nitrogen and oxygen atoms in total. The van der Waals surface area contributed by atoms with Crippen LogP contribution in [0.1, 0.15) is 35.4 Å². The summed E-state index contributed by atoms with van der Waals surface area (Å²) < 4.78 is 0.969. The van der Waals surface area contributed by atoms with E-state index >= 15 is 0 Å². The molecular formula is C27H31N2O+. The highest BCUT2D eigenvalue weighted by Crippen LogP contribution is 2.26. The van der Waals surface area contributed by atoms with Crippen LogP contribution in [0.5, 0.6) is 0 Å². The summed E-state index contributed by atoms with van der Waals surface area (Å²) in [6.45, 7) is 3.13. The number of likely N-dealkylation sites (N-methyl/N-ethyl adjacent to an activating group) is 1. The predicted molar refractivity (Wildman–Crippen MR) is 122 cm³/mol. The van der Waals surface area contributed by atoms with E-state index in [1.807, 2.05) is 60.7 Å². The molecule has 0 spiro atoms. The van der Waals surface area contributed by atoms with Crippen molar-refractivity contribution >= 4 is 5.91 Å². The van der Waals surface area contributed by atoms with Gasteiger partial charge in [0.1, 0.15) is 6.54 Å². The van der Waals surface area contributed by atoms with Gasteiger partial charge < -0.3 is 9.80 Å². The number of hydrogen-bond acceptors (Lipinski definition) is 1. The molecule has 0 saturated carbocycles. The molecule has 0 unspecified atom stereocenters. The molecule has 1 N–H and O–H groups in total. The van der Waals surface area contributed by atoms with Crippen LogP contribution in [0, 0.1) is 0 Å². The lowest BCUT2D eigenvalue weighted by atomic mass is 9.90. The van der Waals surface area contributed by atoms with Gasteiger partial charge in [0.15, 0.2) is 0 Å². The Hall–Kier alpha value is -2.91. The van der Waals surface area contributed by atoms with Crippen LogP contribution in [0.4, 0.5) is 0 Å². The van der Waals surface area contributed by atoms with Crippen molar-refractivity contribution in [3.63, 3.8) is 0 Å². The van der Waals surface area contributed by atoms with Crippen LogP contribution in [0.3, 0.4) is 0 Å². The molecule has 3 aromatic carbocycles. The Morgan fingerprint density at radius 2 is 1.43 bits per heavy atom. The first-order valence-electron chi connectivity index (χ1n) is 10.9. The highest BCUT2D eigenvalue weighted by atomic mass is 16.2. The molecule has 3 heteroatoms. The van der Waals surface area contributed by atoms with E-state index in [0.29, 0.717) is 0 Å². The summed E-state index contributed by atoms with van der Waals surface area (Å²) in [5.41, 5.74) is 3.44. The zero-order valence-corrected chi connectivity index (χ0v) is 17.7. The molecule has 0 aromatic heterocycles. The van der Waals surface area contributed by atoms with Crippen molar-refractivity contribution in [2.75, 3.05) is 20.1 Å². The van der Waals surface area contributed by atoms with Crippen LogP contribution in [-0.4, -0.2) is 36.6 Å². The number of carbonyl (C=O) groups excluding carboxylic acids is 1. The number of carbonyl (C=O) groups is 1. The molecule has 0 radical (unpaired) electrons. The summed E-state index contributed by atoms with van der Waals surface area (Å²) >= 11 is 0. The smallest absolute Gasteiger partial charge is 0.232 e. The minimum absolute atomic E-state index is 0.102. The highest BCUT2D eigenvalue weighted by molar-refractivity contribution is 5.87. The molecule has 1 heterocycles. The van der Waals surface area contributed by atoms with Crippen molar-refractivity contribution in [1.82, 2.24) is 5.32 Å². The maximum Gasteiger partial charge on any atom is 0.232 e. The number of likely N-dealkylation sites (tertiary alicyclic amines) is 1. The number of rotatable bonds is 6. The van der Waals surface area contributed by atoms with Crippen LogP contribution >= 0.6 is 0 Å². The molecule has 1 amide bonds. The summed E-state index contributed by atoms with van der Waals surface area (Å²) in [6, 6.07) is 31.1. The summed E-state index contributed by atoms with van der Waals surface area (Å²) in [4.78, 5) is 13.5. The molecule has 3 aromatic rings. The van der Waals surface area contributed by atoms with E-state index in [0.717, 1.165) is 48.1 Å². The summed E-state index contributed by atoms with van der Waals surface area (Å²) in [5, 5.41) is 3.40. The van der Waals surface area contributed by atoms with Crippen molar-refractivity contribution in [2.45, 2.75) is 31.3 Å².